The molecule has 8 nitrogen and oxygen atoms in total. The Morgan fingerprint density at radius 2 is 1.76 bits per heavy atom. The van der Waals surface area contributed by atoms with Crippen LogP contribution in [0.2, 0.25) is 0 Å². The van der Waals surface area contributed by atoms with Crippen LogP contribution in [-0.4, -0.2) is 37.5 Å². The summed E-state index contributed by atoms with van der Waals surface area (Å²) in [5.41, 5.74) is 2.86. The molecule has 0 unspecified atom stereocenters. The van der Waals surface area contributed by atoms with Gasteiger partial charge in [-0.1, -0.05) is 35.4 Å². The van der Waals surface area contributed by atoms with Gasteiger partial charge in [0.1, 0.15) is 0 Å². The second kappa shape index (κ2) is 9.13. The molecule has 0 aliphatic heterocycles. The number of nitrogens with one attached hydrogen (secondary N) is 1. The first-order valence-corrected chi connectivity index (χ1v) is 11.5. The normalized spacial score (nSPS) is 10.9. The first-order valence-electron chi connectivity index (χ1n) is 9.99. The Balaban J connectivity index is 1.54. The van der Waals surface area contributed by atoms with Gasteiger partial charge in [0, 0.05) is 42.0 Å². The van der Waals surface area contributed by atoms with E-state index in [2.05, 4.69) is 26.9 Å². The van der Waals surface area contributed by atoms with Crippen molar-refractivity contribution in [1.29, 1.82) is 5.26 Å². The maximum atomic E-state index is 13.1. The lowest BCUT2D eigenvalue weighted by atomic mass is 10.1. The van der Waals surface area contributed by atoms with Crippen LogP contribution in [0.25, 0.3) is 16.5 Å². The maximum absolute atomic E-state index is 13.1. The molecule has 1 N–H and O–H groups in total. The SMILES string of the molecule is CN(C)c1cccc2c(S(=O)(=O)NCc3cn(-c4ccc(C#CC#N)cc4)nn3)cccc12. The van der Waals surface area contributed by atoms with Crippen molar-refractivity contribution in [2.24, 2.45) is 0 Å². The third-order valence-corrected chi connectivity index (χ3v) is 6.47. The van der Waals surface area contributed by atoms with Gasteiger partial charge in [-0.25, -0.2) is 17.8 Å². The van der Waals surface area contributed by atoms with Crippen LogP contribution in [0.15, 0.2) is 71.8 Å². The number of nitrogens with zero attached hydrogens (tertiary/aromatic N) is 5. The van der Waals surface area contributed by atoms with Crippen molar-refractivity contribution in [3.05, 3.63) is 78.1 Å². The molecule has 0 aliphatic carbocycles. The van der Waals surface area contributed by atoms with E-state index >= 15 is 0 Å². The lowest BCUT2D eigenvalue weighted by Gasteiger charge is -2.17. The lowest BCUT2D eigenvalue weighted by molar-refractivity contribution is 0.581. The highest BCUT2D eigenvalue weighted by atomic mass is 32.2. The van der Waals surface area contributed by atoms with Gasteiger partial charge in [0.05, 0.1) is 29.0 Å². The molecule has 0 spiro atoms. The molecule has 1 heterocycles. The zero-order valence-corrected chi connectivity index (χ0v) is 18.8. The van der Waals surface area contributed by atoms with Crippen LogP contribution in [0, 0.1) is 23.2 Å². The van der Waals surface area contributed by atoms with Gasteiger partial charge in [-0.3, -0.25) is 0 Å². The van der Waals surface area contributed by atoms with E-state index in [1.807, 2.05) is 37.2 Å². The highest BCUT2D eigenvalue weighted by Crippen LogP contribution is 2.30. The topological polar surface area (TPSA) is 104 Å². The molecule has 1 aromatic heterocycles. The summed E-state index contributed by atoms with van der Waals surface area (Å²) in [6, 6.07) is 19.7. The lowest BCUT2D eigenvalue weighted by Crippen LogP contribution is -2.23. The fourth-order valence-electron chi connectivity index (χ4n) is 3.44. The summed E-state index contributed by atoms with van der Waals surface area (Å²) in [7, 11) is 0.0583. The Hall–Kier alpha value is -4.18. The van der Waals surface area contributed by atoms with Crippen molar-refractivity contribution in [3.8, 4) is 23.6 Å². The van der Waals surface area contributed by atoms with Crippen LogP contribution in [0.1, 0.15) is 11.3 Å². The predicted molar refractivity (Wildman–Crippen MR) is 126 cm³/mol. The standard InChI is InChI=1S/C24H20N6O2S/c1-29(2)23-9-3-8-22-21(23)7-4-10-24(22)33(31,32)26-16-19-17-30(28-27-19)20-13-11-18(12-14-20)6-5-15-25/h3-4,7-14,17,26H,16H2,1-2H3. The minimum Gasteiger partial charge on any atom is -0.377 e. The van der Waals surface area contributed by atoms with Crippen molar-refractivity contribution in [1.82, 2.24) is 19.7 Å². The molecule has 33 heavy (non-hydrogen) atoms. The average molecular weight is 457 g/mol. The summed E-state index contributed by atoms with van der Waals surface area (Å²) in [4.78, 5) is 2.16. The van der Waals surface area contributed by atoms with Gasteiger partial charge in [-0.15, -0.1) is 5.10 Å². The minimum absolute atomic E-state index is 0.00216. The number of nitriles is 1. The molecule has 0 radical (unpaired) electrons. The van der Waals surface area contributed by atoms with Crippen LogP contribution in [0.5, 0.6) is 0 Å². The Bertz CT molecular complexity index is 1520. The van der Waals surface area contributed by atoms with Gasteiger partial charge < -0.3 is 4.90 Å². The molecule has 0 bridgehead atoms. The third kappa shape index (κ3) is 4.70. The highest BCUT2D eigenvalue weighted by molar-refractivity contribution is 7.89. The van der Waals surface area contributed by atoms with Gasteiger partial charge >= 0.3 is 0 Å². The average Bonchev–Trinajstić information content (AvgIpc) is 3.30. The number of rotatable bonds is 6. The van der Waals surface area contributed by atoms with Crippen LogP contribution in [0.4, 0.5) is 5.69 Å². The van der Waals surface area contributed by atoms with Crippen molar-refractivity contribution in [3.63, 3.8) is 0 Å². The number of sulfonamides is 1. The van der Waals surface area contributed by atoms with Gasteiger partial charge in [-0.05, 0) is 36.4 Å². The number of anilines is 1. The molecule has 0 amide bonds. The van der Waals surface area contributed by atoms with Crippen LogP contribution in [0.3, 0.4) is 0 Å². The minimum atomic E-state index is -3.78. The largest absolute Gasteiger partial charge is 0.377 e. The summed E-state index contributed by atoms with van der Waals surface area (Å²) in [6.45, 7) is -0.00216. The number of aromatic nitrogens is 3. The molecular formula is C24H20N6O2S. The second-order valence-electron chi connectivity index (χ2n) is 7.41. The van der Waals surface area contributed by atoms with E-state index in [-0.39, 0.29) is 11.4 Å². The number of hydrogen-bond donors (Lipinski definition) is 1. The molecule has 164 valence electrons. The fourth-order valence-corrected chi connectivity index (χ4v) is 4.66. The molecular weight excluding hydrogens is 436 g/mol. The van der Waals surface area contributed by atoms with Gasteiger partial charge in [0.2, 0.25) is 10.0 Å². The van der Waals surface area contributed by atoms with Crippen molar-refractivity contribution >= 4 is 26.5 Å². The Labute approximate surface area is 192 Å². The quantitative estimate of drug-likeness (QED) is 0.448. The molecule has 9 heteroatoms. The van der Waals surface area contributed by atoms with Crippen LogP contribution < -0.4 is 9.62 Å². The molecule has 0 fully saturated rings. The number of hydrogen-bond acceptors (Lipinski definition) is 6. The summed E-state index contributed by atoms with van der Waals surface area (Å²) < 4.78 is 30.3. The fraction of sp³-hybridized carbons (Fsp3) is 0.125. The monoisotopic (exact) mass is 456 g/mol. The molecule has 0 saturated carbocycles. The predicted octanol–water partition coefficient (Wildman–Crippen LogP) is 2.84. The smallest absolute Gasteiger partial charge is 0.241 e. The van der Waals surface area contributed by atoms with E-state index in [1.165, 1.54) is 0 Å². The number of fused-ring (bicyclic) bond motifs is 1. The summed E-state index contributed by atoms with van der Waals surface area (Å²) in [5, 5.41) is 18.2. The van der Waals surface area contributed by atoms with Gasteiger partial charge in [0.15, 0.2) is 6.07 Å². The molecule has 3 aromatic carbocycles. The van der Waals surface area contributed by atoms with Crippen molar-refractivity contribution in [2.45, 2.75) is 11.4 Å². The van der Waals surface area contributed by atoms with Crippen LogP contribution in [-0.2, 0) is 16.6 Å². The Morgan fingerprint density at radius 1 is 1.03 bits per heavy atom. The summed E-state index contributed by atoms with van der Waals surface area (Å²) >= 11 is 0. The van der Waals surface area contributed by atoms with E-state index in [4.69, 9.17) is 5.26 Å². The van der Waals surface area contributed by atoms with Crippen molar-refractivity contribution in [2.75, 3.05) is 19.0 Å². The second-order valence-corrected chi connectivity index (χ2v) is 9.15. The van der Waals surface area contributed by atoms with E-state index in [0.717, 1.165) is 16.8 Å². The van der Waals surface area contributed by atoms with E-state index in [9.17, 15) is 8.42 Å². The molecule has 0 atom stereocenters. The molecule has 4 aromatic rings. The zero-order valence-electron chi connectivity index (χ0n) is 18.0. The highest BCUT2D eigenvalue weighted by Gasteiger charge is 2.19. The summed E-state index contributed by atoms with van der Waals surface area (Å²) in [6.07, 6.45) is 1.66. The maximum Gasteiger partial charge on any atom is 0.241 e. The van der Waals surface area contributed by atoms with E-state index in [0.29, 0.717) is 16.6 Å². The Morgan fingerprint density at radius 3 is 2.48 bits per heavy atom. The Kier molecular flexibility index (Phi) is 6.09. The van der Waals surface area contributed by atoms with Crippen LogP contribution >= 0.6 is 0 Å². The summed E-state index contributed by atoms with van der Waals surface area (Å²) in [5.74, 6) is 5.06. The third-order valence-electron chi connectivity index (χ3n) is 5.01. The van der Waals surface area contributed by atoms with Gasteiger partial charge in [-0.2, -0.15) is 5.26 Å². The molecule has 4 rings (SSSR count). The van der Waals surface area contributed by atoms with E-state index < -0.39 is 10.0 Å². The van der Waals surface area contributed by atoms with Crippen molar-refractivity contribution < 1.29 is 8.42 Å². The van der Waals surface area contributed by atoms with Gasteiger partial charge in [0.25, 0.3) is 0 Å². The number of benzene rings is 3. The molecule has 0 aliphatic rings. The first-order chi connectivity index (χ1) is 15.9. The first kappa shape index (κ1) is 22.0. The van der Waals surface area contributed by atoms with E-state index in [1.54, 1.807) is 59.4 Å². The zero-order chi connectivity index (χ0) is 23.4. The molecule has 0 saturated heterocycles.